The Morgan fingerprint density at radius 1 is 1.16 bits per heavy atom. The van der Waals surface area contributed by atoms with Gasteiger partial charge in [-0.25, -0.2) is 4.98 Å². The summed E-state index contributed by atoms with van der Waals surface area (Å²) in [4.78, 5) is 4.25. The van der Waals surface area contributed by atoms with E-state index in [2.05, 4.69) is 4.98 Å². The molecule has 1 aromatic heterocycles. The lowest BCUT2D eigenvalue weighted by Gasteiger charge is -2.09. The molecule has 3 nitrogen and oxygen atoms in total. The van der Waals surface area contributed by atoms with Gasteiger partial charge in [-0.2, -0.15) is 0 Å². The Hall–Kier alpha value is -1.29. The van der Waals surface area contributed by atoms with E-state index < -0.39 is 0 Å². The van der Waals surface area contributed by atoms with Gasteiger partial charge in [0.15, 0.2) is 0 Å². The van der Waals surface area contributed by atoms with Crippen molar-refractivity contribution in [1.82, 2.24) is 4.98 Å². The monoisotopic (exact) mass is 296 g/mol. The molecule has 0 aliphatic carbocycles. The van der Waals surface area contributed by atoms with Gasteiger partial charge in [-0.05, 0) is 36.2 Å². The molecule has 0 saturated carbocycles. The van der Waals surface area contributed by atoms with Crippen molar-refractivity contribution in [1.29, 1.82) is 0 Å². The van der Waals surface area contributed by atoms with E-state index in [0.29, 0.717) is 22.3 Å². The Morgan fingerprint density at radius 3 is 2.58 bits per heavy atom. The molecule has 0 fully saturated rings. The summed E-state index contributed by atoms with van der Waals surface area (Å²) in [6, 6.07) is 8.96. The Labute approximate surface area is 122 Å². The molecule has 0 atom stereocenters. The summed E-state index contributed by atoms with van der Waals surface area (Å²) in [6.07, 6.45) is 0.845. The number of nitrogens with two attached hydrogens (primary N) is 1. The molecule has 0 unspecified atom stereocenters. The summed E-state index contributed by atoms with van der Waals surface area (Å²) in [7, 11) is 0. The van der Waals surface area contributed by atoms with Crippen LogP contribution in [0.1, 0.15) is 18.2 Å². The fourth-order valence-electron chi connectivity index (χ4n) is 1.67. The molecule has 0 aliphatic rings. The number of aromatic nitrogens is 1. The first-order valence-electron chi connectivity index (χ1n) is 5.95. The van der Waals surface area contributed by atoms with Gasteiger partial charge in [0, 0.05) is 17.6 Å². The van der Waals surface area contributed by atoms with Crippen molar-refractivity contribution < 1.29 is 4.74 Å². The molecule has 1 heterocycles. The van der Waals surface area contributed by atoms with E-state index in [1.807, 2.05) is 19.1 Å². The number of rotatable bonds is 4. The van der Waals surface area contributed by atoms with Crippen LogP contribution in [0.5, 0.6) is 11.6 Å². The number of nitrogens with zero attached hydrogens (tertiary/aromatic N) is 1. The average Bonchev–Trinajstić information content (AvgIpc) is 2.43. The summed E-state index contributed by atoms with van der Waals surface area (Å²) >= 11 is 12.0. The zero-order chi connectivity index (χ0) is 13.8. The largest absolute Gasteiger partial charge is 0.439 e. The molecular weight excluding hydrogens is 283 g/mol. The first kappa shape index (κ1) is 14.1. The molecule has 5 heteroatoms. The van der Waals surface area contributed by atoms with Crippen LogP contribution in [0.4, 0.5) is 0 Å². The molecule has 2 N–H and O–H groups in total. The van der Waals surface area contributed by atoms with Crippen molar-refractivity contribution in [3.63, 3.8) is 0 Å². The maximum atomic E-state index is 6.06. The highest BCUT2D eigenvalue weighted by Gasteiger charge is 2.06. The molecule has 0 spiro atoms. The minimum absolute atomic E-state index is 0.275. The van der Waals surface area contributed by atoms with Crippen LogP contribution in [0.25, 0.3) is 0 Å². The van der Waals surface area contributed by atoms with Crippen LogP contribution in [0.15, 0.2) is 30.3 Å². The number of ether oxygens (including phenoxy) is 1. The van der Waals surface area contributed by atoms with E-state index >= 15 is 0 Å². The maximum absolute atomic E-state index is 6.06. The van der Waals surface area contributed by atoms with Gasteiger partial charge in [0.25, 0.3) is 0 Å². The first-order valence-corrected chi connectivity index (χ1v) is 6.71. The second kappa shape index (κ2) is 6.24. The molecule has 2 rings (SSSR count). The fraction of sp³-hybridized carbons (Fsp3) is 0.214. The van der Waals surface area contributed by atoms with Crippen molar-refractivity contribution in [2.45, 2.75) is 19.9 Å². The quantitative estimate of drug-likeness (QED) is 0.920. The van der Waals surface area contributed by atoms with Crippen molar-refractivity contribution in [3.05, 3.63) is 51.6 Å². The van der Waals surface area contributed by atoms with Gasteiger partial charge in [-0.1, -0.05) is 30.1 Å². The Bertz CT molecular complexity index is 536. The molecule has 0 radical (unpaired) electrons. The lowest BCUT2D eigenvalue weighted by molar-refractivity contribution is 0.460. The highest BCUT2D eigenvalue weighted by Crippen LogP contribution is 2.27. The lowest BCUT2D eigenvalue weighted by Crippen LogP contribution is -2.01. The van der Waals surface area contributed by atoms with E-state index in [-0.39, 0.29) is 6.54 Å². The number of hydrogen-bond acceptors (Lipinski definition) is 3. The minimum atomic E-state index is 0.275. The number of hydrogen-bond donors (Lipinski definition) is 1. The van der Waals surface area contributed by atoms with Crippen LogP contribution < -0.4 is 10.5 Å². The molecule has 0 bridgehead atoms. The van der Waals surface area contributed by atoms with Gasteiger partial charge < -0.3 is 10.5 Å². The van der Waals surface area contributed by atoms with Crippen LogP contribution in [-0.2, 0) is 13.0 Å². The Morgan fingerprint density at radius 2 is 1.89 bits per heavy atom. The SMILES string of the molecule is CCc1cc(Oc2ccc(Cl)c(CN)n2)ccc1Cl. The van der Waals surface area contributed by atoms with Crippen LogP contribution in [0, 0.1) is 0 Å². The Balaban J connectivity index is 2.25. The van der Waals surface area contributed by atoms with Crippen molar-refractivity contribution in [2.75, 3.05) is 0 Å². The standard InChI is InChI=1S/C14H14Cl2N2O/c1-2-9-7-10(3-4-11(9)15)19-14-6-5-12(16)13(8-17)18-14/h3-7H,2,8,17H2,1H3. The van der Waals surface area contributed by atoms with Crippen LogP contribution in [0.2, 0.25) is 10.0 Å². The molecule has 19 heavy (non-hydrogen) atoms. The topological polar surface area (TPSA) is 48.1 Å². The third-order valence-corrected chi connectivity index (χ3v) is 3.42. The average molecular weight is 297 g/mol. The molecule has 0 amide bonds. The van der Waals surface area contributed by atoms with Crippen LogP contribution in [-0.4, -0.2) is 4.98 Å². The van der Waals surface area contributed by atoms with E-state index in [1.165, 1.54) is 0 Å². The van der Waals surface area contributed by atoms with Gasteiger partial charge in [0.1, 0.15) is 5.75 Å². The zero-order valence-corrected chi connectivity index (χ0v) is 12.0. The number of pyridine rings is 1. The van der Waals surface area contributed by atoms with Crippen molar-refractivity contribution >= 4 is 23.2 Å². The van der Waals surface area contributed by atoms with Crippen LogP contribution in [0.3, 0.4) is 0 Å². The summed E-state index contributed by atoms with van der Waals surface area (Å²) in [6.45, 7) is 2.31. The Kier molecular flexibility index (Phi) is 4.64. The van der Waals surface area contributed by atoms with E-state index in [1.54, 1.807) is 18.2 Å². The predicted molar refractivity (Wildman–Crippen MR) is 78.0 cm³/mol. The molecular formula is C14H14Cl2N2O. The summed E-state index contributed by atoms with van der Waals surface area (Å²) in [5, 5.41) is 1.28. The molecule has 1 aromatic carbocycles. The summed E-state index contributed by atoms with van der Waals surface area (Å²) < 4.78 is 5.69. The summed E-state index contributed by atoms with van der Waals surface area (Å²) in [5.74, 6) is 1.16. The van der Waals surface area contributed by atoms with E-state index in [9.17, 15) is 0 Å². The smallest absolute Gasteiger partial charge is 0.219 e. The minimum Gasteiger partial charge on any atom is -0.439 e. The van der Waals surface area contributed by atoms with Crippen LogP contribution >= 0.6 is 23.2 Å². The number of halogens is 2. The highest BCUT2D eigenvalue weighted by atomic mass is 35.5. The van der Waals surface area contributed by atoms with Gasteiger partial charge in [-0.3, -0.25) is 0 Å². The second-order valence-electron chi connectivity index (χ2n) is 3.99. The highest BCUT2D eigenvalue weighted by molar-refractivity contribution is 6.31. The van der Waals surface area contributed by atoms with Crippen molar-refractivity contribution in [2.24, 2.45) is 5.73 Å². The van der Waals surface area contributed by atoms with Gasteiger partial charge in [0.05, 0.1) is 10.7 Å². The normalized spacial score (nSPS) is 10.5. The molecule has 100 valence electrons. The van der Waals surface area contributed by atoms with Crippen molar-refractivity contribution in [3.8, 4) is 11.6 Å². The van der Waals surface area contributed by atoms with Gasteiger partial charge in [-0.15, -0.1) is 0 Å². The van der Waals surface area contributed by atoms with Gasteiger partial charge in [0.2, 0.25) is 5.88 Å². The lowest BCUT2D eigenvalue weighted by atomic mass is 10.1. The van der Waals surface area contributed by atoms with E-state index in [4.69, 9.17) is 33.7 Å². The van der Waals surface area contributed by atoms with Gasteiger partial charge >= 0.3 is 0 Å². The second-order valence-corrected chi connectivity index (χ2v) is 4.81. The third kappa shape index (κ3) is 3.38. The first-order chi connectivity index (χ1) is 9.13. The number of benzene rings is 1. The zero-order valence-electron chi connectivity index (χ0n) is 10.5. The van der Waals surface area contributed by atoms with E-state index in [0.717, 1.165) is 17.0 Å². The fourth-order valence-corrected chi connectivity index (χ4v) is 2.10. The maximum Gasteiger partial charge on any atom is 0.219 e. The molecule has 2 aromatic rings. The number of aryl methyl sites for hydroxylation is 1. The summed E-state index contributed by atoms with van der Waals surface area (Å²) in [5.41, 5.74) is 7.21. The molecule has 0 aliphatic heterocycles. The third-order valence-electron chi connectivity index (χ3n) is 2.71. The predicted octanol–water partition coefficient (Wildman–Crippen LogP) is 4.20. The molecule has 0 saturated heterocycles.